The van der Waals surface area contributed by atoms with Crippen LogP contribution in [0.15, 0.2) is 60.9 Å². The Labute approximate surface area is 142 Å². The third kappa shape index (κ3) is 4.35. The summed E-state index contributed by atoms with van der Waals surface area (Å²) in [4.78, 5) is 20.2. The van der Waals surface area contributed by atoms with E-state index in [1.807, 2.05) is 30.3 Å². The molecule has 1 amide bonds. The van der Waals surface area contributed by atoms with Gasteiger partial charge in [-0.1, -0.05) is 30.3 Å². The van der Waals surface area contributed by atoms with Crippen LogP contribution in [0.2, 0.25) is 0 Å². The van der Waals surface area contributed by atoms with Crippen molar-refractivity contribution in [2.75, 3.05) is 11.9 Å². The molecule has 0 unspecified atom stereocenters. The van der Waals surface area contributed by atoms with Crippen LogP contribution < -0.4 is 10.1 Å². The van der Waals surface area contributed by atoms with E-state index < -0.39 is 24.1 Å². The van der Waals surface area contributed by atoms with Gasteiger partial charge in [-0.25, -0.2) is 18.7 Å². The zero-order valence-electron chi connectivity index (χ0n) is 12.9. The molecule has 1 aromatic heterocycles. The van der Waals surface area contributed by atoms with Gasteiger partial charge in [0.25, 0.3) is 5.91 Å². The van der Waals surface area contributed by atoms with Gasteiger partial charge in [0.1, 0.15) is 5.82 Å². The highest BCUT2D eigenvalue weighted by Crippen LogP contribution is 2.18. The normalized spacial score (nSPS) is 10.3. The lowest BCUT2D eigenvalue weighted by molar-refractivity contribution is -0.118. The van der Waals surface area contributed by atoms with Gasteiger partial charge in [0.15, 0.2) is 24.0 Å². The minimum absolute atomic E-state index is 0.202. The van der Waals surface area contributed by atoms with Crippen molar-refractivity contribution in [2.45, 2.75) is 0 Å². The SMILES string of the molecule is O=C(COc1ccc(F)cc1F)Nc1cnc(-c2ccccc2)nc1. The number of aromatic nitrogens is 2. The fourth-order valence-electron chi connectivity index (χ4n) is 2.06. The number of ether oxygens (including phenoxy) is 1. The number of carbonyl (C=O) groups is 1. The highest BCUT2D eigenvalue weighted by atomic mass is 19.1. The molecule has 1 heterocycles. The molecule has 0 aliphatic heterocycles. The Kier molecular flexibility index (Phi) is 4.94. The van der Waals surface area contributed by atoms with Crippen molar-refractivity contribution >= 4 is 11.6 Å². The van der Waals surface area contributed by atoms with Gasteiger partial charge >= 0.3 is 0 Å². The summed E-state index contributed by atoms with van der Waals surface area (Å²) in [5.41, 5.74) is 1.24. The van der Waals surface area contributed by atoms with Crippen molar-refractivity contribution in [1.29, 1.82) is 0 Å². The standard InChI is InChI=1S/C18H13F2N3O2/c19-13-6-7-16(15(20)8-13)25-11-17(24)23-14-9-21-18(22-10-14)12-4-2-1-3-5-12/h1-10H,11H2,(H,23,24). The molecular formula is C18H13F2N3O2. The van der Waals surface area contributed by atoms with E-state index in [0.717, 1.165) is 17.7 Å². The van der Waals surface area contributed by atoms with E-state index in [0.29, 0.717) is 17.6 Å². The predicted octanol–water partition coefficient (Wildman–Crippen LogP) is 3.44. The van der Waals surface area contributed by atoms with Crippen molar-refractivity contribution in [3.8, 4) is 17.1 Å². The molecule has 0 aliphatic carbocycles. The summed E-state index contributed by atoms with van der Waals surface area (Å²) >= 11 is 0. The molecule has 0 atom stereocenters. The zero-order valence-corrected chi connectivity index (χ0v) is 12.9. The summed E-state index contributed by atoms with van der Waals surface area (Å²) in [6, 6.07) is 12.2. The lowest BCUT2D eigenvalue weighted by Crippen LogP contribution is -2.20. The molecule has 3 aromatic rings. The number of anilines is 1. The van der Waals surface area contributed by atoms with Gasteiger partial charge in [-0.3, -0.25) is 4.79 Å². The first-order chi connectivity index (χ1) is 12.1. The predicted molar refractivity (Wildman–Crippen MR) is 88.0 cm³/mol. The average Bonchev–Trinajstić information content (AvgIpc) is 2.62. The minimum Gasteiger partial charge on any atom is -0.481 e. The van der Waals surface area contributed by atoms with Crippen LogP contribution in [0.1, 0.15) is 0 Å². The summed E-state index contributed by atoms with van der Waals surface area (Å²) in [6.45, 7) is -0.428. The lowest BCUT2D eigenvalue weighted by Gasteiger charge is -2.08. The van der Waals surface area contributed by atoms with Crippen LogP contribution in [0.4, 0.5) is 14.5 Å². The summed E-state index contributed by atoms with van der Waals surface area (Å²) in [5.74, 6) is -1.77. The second-order valence-corrected chi connectivity index (χ2v) is 5.07. The van der Waals surface area contributed by atoms with Gasteiger partial charge in [-0.2, -0.15) is 0 Å². The maximum absolute atomic E-state index is 13.4. The maximum Gasteiger partial charge on any atom is 0.262 e. The van der Waals surface area contributed by atoms with Gasteiger partial charge in [0, 0.05) is 11.6 Å². The first-order valence-corrected chi connectivity index (χ1v) is 7.37. The molecule has 3 rings (SSSR count). The molecule has 1 N–H and O–H groups in total. The van der Waals surface area contributed by atoms with Crippen molar-refractivity contribution < 1.29 is 18.3 Å². The molecule has 0 saturated carbocycles. The Morgan fingerprint density at radius 2 is 1.76 bits per heavy atom. The van der Waals surface area contributed by atoms with Crippen molar-refractivity contribution in [1.82, 2.24) is 9.97 Å². The van der Waals surface area contributed by atoms with Gasteiger partial charge in [0.05, 0.1) is 18.1 Å². The number of rotatable bonds is 5. The monoisotopic (exact) mass is 341 g/mol. The van der Waals surface area contributed by atoms with Crippen LogP contribution in [-0.2, 0) is 4.79 Å². The Balaban J connectivity index is 1.57. The number of amides is 1. The van der Waals surface area contributed by atoms with E-state index in [-0.39, 0.29) is 5.75 Å². The number of hydrogen-bond donors (Lipinski definition) is 1. The first kappa shape index (κ1) is 16.5. The van der Waals surface area contributed by atoms with E-state index in [9.17, 15) is 13.6 Å². The molecule has 2 aromatic carbocycles. The maximum atomic E-state index is 13.4. The highest BCUT2D eigenvalue weighted by molar-refractivity contribution is 5.91. The zero-order chi connectivity index (χ0) is 17.6. The molecule has 7 heteroatoms. The molecule has 25 heavy (non-hydrogen) atoms. The molecular weight excluding hydrogens is 328 g/mol. The van der Waals surface area contributed by atoms with Crippen LogP contribution in [0.25, 0.3) is 11.4 Å². The molecule has 0 bridgehead atoms. The summed E-state index contributed by atoms with van der Waals surface area (Å²) in [7, 11) is 0. The van der Waals surface area contributed by atoms with E-state index >= 15 is 0 Å². The number of benzene rings is 2. The molecule has 5 nitrogen and oxygen atoms in total. The van der Waals surface area contributed by atoms with Gasteiger partial charge in [-0.05, 0) is 12.1 Å². The number of carbonyl (C=O) groups excluding carboxylic acids is 1. The van der Waals surface area contributed by atoms with Crippen molar-refractivity contribution in [2.24, 2.45) is 0 Å². The van der Waals surface area contributed by atoms with Crippen molar-refractivity contribution in [3.63, 3.8) is 0 Å². The first-order valence-electron chi connectivity index (χ1n) is 7.37. The van der Waals surface area contributed by atoms with E-state index in [1.54, 1.807) is 0 Å². The minimum atomic E-state index is -0.872. The van der Waals surface area contributed by atoms with Gasteiger partial charge in [0.2, 0.25) is 0 Å². The fourth-order valence-corrected chi connectivity index (χ4v) is 2.06. The molecule has 0 aliphatic rings. The van der Waals surface area contributed by atoms with E-state index in [4.69, 9.17) is 4.74 Å². The highest BCUT2D eigenvalue weighted by Gasteiger charge is 2.09. The third-order valence-electron chi connectivity index (χ3n) is 3.22. The van der Waals surface area contributed by atoms with Crippen molar-refractivity contribution in [3.05, 3.63) is 72.6 Å². The fraction of sp³-hybridized carbons (Fsp3) is 0.0556. The smallest absolute Gasteiger partial charge is 0.262 e. The van der Waals surface area contributed by atoms with Gasteiger partial charge in [-0.15, -0.1) is 0 Å². The van der Waals surface area contributed by atoms with E-state index in [2.05, 4.69) is 15.3 Å². The number of hydrogen-bond acceptors (Lipinski definition) is 4. The van der Waals surface area contributed by atoms with Crippen LogP contribution in [0.5, 0.6) is 5.75 Å². The second-order valence-electron chi connectivity index (χ2n) is 5.07. The van der Waals surface area contributed by atoms with Gasteiger partial charge < -0.3 is 10.1 Å². The quantitative estimate of drug-likeness (QED) is 0.772. The topological polar surface area (TPSA) is 64.1 Å². The Morgan fingerprint density at radius 1 is 1.04 bits per heavy atom. The lowest BCUT2D eigenvalue weighted by atomic mass is 10.2. The van der Waals surface area contributed by atoms with Crippen LogP contribution in [0.3, 0.4) is 0 Å². The molecule has 0 fully saturated rings. The number of halogens is 2. The largest absolute Gasteiger partial charge is 0.481 e. The van der Waals surface area contributed by atoms with E-state index in [1.165, 1.54) is 12.4 Å². The Bertz CT molecular complexity index is 871. The number of nitrogens with one attached hydrogen (secondary N) is 1. The summed E-state index contributed by atoms with van der Waals surface area (Å²) < 4.78 is 31.2. The second kappa shape index (κ2) is 7.48. The third-order valence-corrected chi connectivity index (χ3v) is 3.22. The average molecular weight is 341 g/mol. The number of nitrogens with zero attached hydrogens (tertiary/aromatic N) is 2. The Hall–Kier alpha value is -3.35. The summed E-state index contributed by atoms with van der Waals surface area (Å²) in [5, 5.41) is 2.54. The van der Waals surface area contributed by atoms with Crippen LogP contribution >= 0.6 is 0 Å². The molecule has 0 spiro atoms. The van der Waals surface area contributed by atoms with Crippen LogP contribution in [0, 0.1) is 11.6 Å². The molecule has 0 radical (unpaired) electrons. The molecule has 0 saturated heterocycles. The molecule has 126 valence electrons. The summed E-state index contributed by atoms with van der Waals surface area (Å²) in [6.07, 6.45) is 2.93. The Morgan fingerprint density at radius 3 is 2.44 bits per heavy atom. The van der Waals surface area contributed by atoms with Crippen LogP contribution in [-0.4, -0.2) is 22.5 Å².